The first-order valence-electron chi connectivity index (χ1n) is 5.52. The molecule has 0 amide bonds. The number of methoxy groups -OCH3 is 1. The highest BCUT2D eigenvalue weighted by Gasteiger charge is 2.06. The average molecular weight is 239 g/mol. The van der Waals surface area contributed by atoms with Crippen LogP contribution in [0.3, 0.4) is 0 Å². The van der Waals surface area contributed by atoms with Crippen LogP contribution < -0.4 is 4.74 Å². The van der Waals surface area contributed by atoms with Crippen LogP contribution in [-0.2, 0) is 6.54 Å². The molecule has 0 aliphatic carbocycles. The predicted octanol–water partition coefficient (Wildman–Crippen LogP) is 2.67. The standard InChI is InChI=1S/C13H21NOS/c1-10-8-13(15-4)11(2)7-12(10)9-14(3)5-6-16/h7-8,16H,5-6,9H2,1-4H3. The van der Waals surface area contributed by atoms with Gasteiger partial charge in [0.1, 0.15) is 5.75 Å². The fraction of sp³-hybridized carbons (Fsp3) is 0.538. The summed E-state index contributed by atoms with van der Waals surface area (Å²) in [7, 11) is 3.84. The van der Waals surface area contributed by atoms with E-state index in [1.807, 2.05) is 0 Å². The molecule has 90 valence electrons. The molecule has 0 fully saturated rings. The van der Waals surface area contributed by atoms with Crippen LogP contribution in [0.2, 0.25) is 0 Å². The normalized spacial score (nSPS) is 10.9. The first kappa shape index (κ1) is 13.4. The Morgan fingerprint density at radius 1 is 1.25 bits per heavy atom. The Morgan fingerprint density at radius 2 is 1.94 bits per heavy atom. The zero-order valence-corrected chi connectivity index (χ0v) is 11.5. The van der Waals surface area contributed by atoms with Gasteiger partial charge in [-0.3, -0.25) is 0 Å². The minimum atomic E-state index is 0.894. The van der Waals surface area contributed by atoms with Crippen molar-refractivity contribution in [2.24, 2.45) is 0 Å². The zero-order chi connectivity index (χ0) is 12.1. The molecule has 0 atom stereocenters. The van der Waals surface area contributed by atoms with Gasteiger partial charge >= 0.3 is 0 Å². The quantitative estimate of drug-likeness (QED) is 0.793. The number of hydrogen-bond acceptors (Lipinski definition) is 3. The summed E-state index contributed by atoms with van der Waals surface area (Å²) in [6.07, 6.45) is 0. The Labute approximate surface area is 104 Å². The van der Waals surface area contributed by atoms with E-state index in [9.17, 15) is 0 Å². The van der Waals surface area contributed by atoms with E-state index >= 15 is 0 Å². The highest BCUT2D eigenvalue weighted by Crippen LogP contribution is 2.23. The van der Waals surface area contributed by atoms with Crippen molar-refractivity contribution in [1.29, 1.82) is 0 Å². The maximum Gasteiger partial charge on any atom is 0.122 e. The lowest BCUT2D eigenvalue weighted by Gasteiger charge is -2.18. The highest BCUT2D eigenvalue weighted by atomic mass is 32.1. The fourth-order valence-corrected chi connectivity index (χ4v) is 2.12. The monoisotopic (exact) mass is 239 g/mol. The van der Waals surface area contributed by atoms with Gasteiger partial charge in [0, 0.05) is 18.8 Å². The molecule has 0 bridgehead atoms. The van der Waals surface area contributed by atoms with E-state index < -0.39 is 0 Å². The largest absolute Gasteiger partial charge is 0.496 e. The highest BCUT2D eigenvalue weighted by molar-refractivity contribution is 7.80. The zero-order valence-electron chi connectivity index (χ0n) is 10.6. The Morgan fingerprint density at radius 3 is 2.50 bits per heavy atom. The van der Waals surface area contributed by atoms with E-state index in [4.69, 9.17) is 4.74 Å². The molecule has 0 radical (unpaired) electrons. The Balaban J connectivity index is 2.85. The molecular formula is C13H21NOS. The van der Waals surface area contributed by atoms with Crippen molar-refractivity contribution >= 4 is 12.6 Å². The van der Waals surface area contributed by atoms with Crippen molar-refractivity contribution in [3.05, 3.63) is 28.8 Å². The van der Waals surface area contributed by atoms with Gasteiger partial charge in [0.15, 0.2) is 0 Å². The van der Waals surface area contributed by atoms with Gasteiger partial charge in [0.2, 0.25) is 0 Å². The summed E-state index contributed by atoms with van der Waals surface area (Å²) in [6, 6.07) is 4.32. The van der Waals surface area contributed by atoms with Gasteiger partial charge in [-0.15, -0.1) is 0 Å². The third-order valence-electron chi connectivity index (χ3n) is 2.78. The van der Waals surface area contributed by atoms with Crippen molar-refractivity contribution < 1.29 is 4.74 Å². The molecule has 0 N–H and O–H groups in total. The van der Waals surface area contributed by atoms with E-state index in [1.54, 1.807) is 7.11 Å². The summed E-state index contributed by atoms with van der Waals surface area (Å²) >= 11 is 4.24. The van der Waals surface area contributed by atoms with E-state index in [0.717, 1.165) is 24.6 Å². The first-order chi connectivity index (χ1) is 7.58. The predicted molar refractivity (Wildman–Crippen MR) is 72.7 cm³/mol. The Hall–Kier alpha value is -0.670. The number of rotatable bonds is 5. The molecule has 0 saturated carbocycles. The van der Waals surface area contributed by atoms with Gasteiger partial charge in [-0.2, -0.15) is 12.6 Å². The number of hydrogen-bond donors (Lipinski definition) is 1. The number of aryl methyl sites for hydroxylation is 2. The molecule has 0 aromatic heterocycles. The molecule has 0 aliphatic rings. The Bertz CT molecular complexity index is 352. The SMILES string of the molecule is COc1cc(C)c(CN(C)CCS)cc1C. The molecule has 1 aromatic rings. The molecule has 16 heavy (non-hydrogen) atoms. The topological polar surface area (TPSA) is 12.5 Å². The summed E-state index contributed by atoms with van der Waals surface area (Å²) in [5, 5.41) is 0. The lowest BCUT2D eigenvalue weighted by molar-refractivity contribution is 0.347. The van der Waals surface area contributed by atoms with Gasteiger partial charge in [0.05, 0.1) is 7.11 Å². The number of benzene rings is 1. The van der Waals surface area contributed by atoms with Crippen molar-refractivity contribution in [2.45, 2.75) is 20.4 Å². The third-order valence-corrected chi connectivity index (χ3v) is 2.98. The van der Waals surface area contributed by atoms with Gasteiger partial charge in [-0.05, 0) is 43.7 Å². The van der Waals surface area contributed by atoms with E-state index in [1.165, 1.54) is 16.7 Å². The maximum atomic E-state index is 5.31. The molecular weight excluding hydrogens is 218 g/mol. The maximum absolute atomic E-state index is 5.31. The van der Waals surface area contributed by atoms with Crippen LogP contribution in [0.15, 0.2) is 12.1 Å². The van der Waals surface area contributed by atoms with Crippen LogP contribution in [0.25, 0.3) is 0 Å². The summed E-state index contributed by atoms with van der Waals surface area (Å²) in [4.78, 5) is 2.28. The lowest BCUT2D eigenvalue weighted by atomic mass is 10.0. The van der Waals surface area contributed by atoms with E-state index in [-0.39, 0.29) is 0 Å². The van der Waals surface area contributed by atoms with E-state index in [2.05, 4.69) is 50.6 Å². The fourth-order valence-electron chi connectivity index (χ4n) is 1.78. The second kappa shape index (κ2) is 6.16. The summed E-state index contributed by atoms with van der Waals surface area (Å²) in [5.41, 5.74) is 3.85. The molecule has 3 heteroatoms. The Kier molecular flexibility index (Phi) is 5.16. The van der Waals surface area contributed by atoms with Crippen LogP contribution in [-0.4, -0.2) is 31.4 Å². The minimum absolute atomic E-state index is 0.894. The van der Waals surface area contributed by atoms with Gasteiger partial charge < -0.3 is 9.64 Å². The molecule has 1 rings (SSSR count). The van der Waals surface area contributed by atoms with Gasteiger partial charge in [0.25, 0.3) is 0 Å². The van der Waals surface area contributed by atoms with Gasteiger partial charge in [-0.1, -0.05) is 6.07 Å². The van der Waals surface area contributed by atoms with Gasteiger partial charge in [-0.25, -0.2) is 0 Å². The number of thiol groups is 1. The van der Waals surface area contributed by atoms with Crippen LogP contribution in [0.4, 0.5) is 0 Å². The minimum Gasteiger partial charge on any atom is -0.496 e. The number of nitrogens with zero attached hydrogens (tertiary/aromatic N) is 1. The van der Waals surface area contributed by atoms with Crippen LogP contribution in [0, 0.1) is 13.8 Å². The van der Waals surface area contributed by atoms with E-state index in [0.29, 0.717) is 0 Å². The second-order valence-corrected chi connectivity index (χ2v) is 4.66. The third kappa shape index (κ3) is 3.42. The lowest BCUT2D eigenvalue weighted by Crippen LogP contribution is -2.20. The van der Waals surface area contributed by atoms with Crippen molar-refractivity contribution in [2.75, 3.05) is 26.5 Å². The summed E-state index contributed by atoms with van der Waals surface area (Å²) < 4.78 is 5.31. The second-order valence-electron chi connectivity index (χ2n) is 4.21. The summed E-state index contributed by atoms with van der Waals surface area (Å²) in [5.74, 6) is 1.86. The average Bonchev–Trinajstić information content (AvgIpc) is 2.23. The number of ether oxygens (including phenoxy) is 1. The van der Waals surface area contributed by atoms with Crippen LogP contribution in [0.1, 0.15) is 16.7 Å². The molecule has 1 aromatic carbocycles. The molecule has 0 unspecified atom stereocenters. The van der Waals surface area contributed by atoms with Crippen LogP contribution in [0.5, 0.6) is 5.75 Å². The molecule has 0 spiro atoms. The smallest absolute Gasteiger partial charge is 0.122 e. The summed E-state index contributed by atoms with van der Waals surface area (Å²) in [6.45, 7) is 6.19. The molecule has 0 saturated heterocycles. The van der Waals surface area contributed by atoms with Crippen molar-refractivity contribution in [1.82, 2.24) is 4.90 Å². The van der Waals surface area contributed by atoms with Crippen molar-refractivity contribution in [3.63, 3.8) is 0 Å². The van der Waals surface area contributed by atoms with Crippen molar-refractivity contribution in [3.8, 4) is 5.75 Å². The van der Waals surface area contributed by atoms with Crippen LogP contribution >= 0.6 is 12.6 Å². The first-order valence-corrected chi connectivity index (χ1v) is 6.15. The molecule has 0 heterocycles. The molecule has 0 aliphatic heterocycles. The molecule has 2 nitrogen and oxygen atoms in total.